The summed E-state index contributed by atoms with van der Waals surface area (Å²) in [6, 6.07) is 5.38. The number of benzene rings is 1. The summed E-state index contributed by atoms with van der Waals surface area (Å²) in [5.74, 6) is 2.56. The van der Waals surface area contributed by atoms with Crippen LogP contribution in [0.5, 0.6) is 0 Å². The van der Waals surface area contributed by atoms with Gasteiger partial charge in [0.1, 0.15) is 5.82 Å². The number of anilines is 1. The fraction of sp³-hybridized carbons (Fsp3) is 0.647. The highest BCUT2D eigenvalue weighted by Crippen LogP contribution is 2.48. The van der Waals surface area contributed by atoms with Crippen LogP contribution < -0.4 is 10.6 Å². The van der Waals surface area contributed by atoms with Crippen LogP contribution in [0.4, 0.5) is 10.1 Å². The van der Waals surface area contributed by atoms with Gasteiger partial charge in [-0.1, -0.05) is 12.5 Å². The number of nitrogens with two attached hydrogens (primary N) is 1. The van der Waals surface area contributed by atoms with Gasteiger partial charge in [0.2, 0.25) is 0 Å². The summed E-state index contributed by atoms with van der Waals surface area (Å²) in [4.78, 5) is 2.25. The molecule has 0 amide bonds. The van der Waals surface area contributed by atoms with Crippen molar-refractivity contribution in [1.82, 2.24) is 0 Å². The minimum absolute atomic E-state index is 0.118. The summed E-state index contributed by atoms with van der Waals surface area (Å²) in [5.41, 5.74) is 7.43. The Labute approximate surface area is 121 Å². The summed E-state index contributed by atoms with van der Waals surface area (Å²) in [7, 11) is 2.10. The number of fused-ring (bicyclic) bond motifs is 2. The third-order valence-corrected chi connectivity index (χ3v) is 5.29. The summed E-state index contributed by atoms with van der Waals surface area (Å²) >= 11 is 0. The lowest BCUT2D eigenvalue weighted by Crippen LogP contribution is -2.29. The smallest absolute Gasteiger partial charge is 0.128 e. The van der Waals surface area contributed by atoms with Gasteiger partial charge < -0.3 is 10.6 Å². The number of halogens is 1. The molecule has 2 aliphatic rings. The number of hydrogen-bond acceptors (Lipinski definition) is 2. The molecule has 2 fully saturated rings. The molecule has 3 rings (SSSR count). The summed E-state index contributed by atoms with van der Waals surface area (Å²) < 4.78 is 14.0. The van der Waals surface area contributed by atoms with Crippen molar-refractivity contribution in [1.29, 1.82) is 0 Å². The molecular weight excluding hydrogens is 251 g/mol. The van der Waals surface area contributed by atoms with E-state index < -0.39 is 0 Å². The van der Waals surface area contributed by atoms with Crippen LogP contribution in [0.15, 0.2) is 18.2 Å². The summed E-state index contributed by atoms with van der Waals surface area (Å²) in [5, 5.41) is 0. The van der Waals surface area contributed by atoms with Crippen LogP contribution in [0.1, 0.15) is 31.2 Å². The maximum Gasteiger partial charge on any atom is 0.128 e. The van der Waals surface area contributed by atoms with Crippen molar-refractivity contribution in [3.63, 3.8) is 0 Å². The molecule has 3 atom stereocenters. The Balaban J connectivity index is 1.73. The Kier molecular flexibility index (Phi) is 3.97. The molecule has 0 aliphatic heterocycles. The van der Waals surface area contributed by atoms with E-state index in [0.717, 1.165) is 35.5 Å². The summed E-state index contributed by atoms with van der Waals surface area (Å²) in [6.07, 6.45) is 6.25. The van der Waals surface area contributed by atoms with Gasteiger partial charge >= 0.3 is 0 Å². The Morgan fingerprint density at radius 2 is 2.15 bits per heavy atom. The predicted molar refractivity (Wildman–Crippen MR) is 81.4 cm³/mol. The third kappa shape index (κ3) is 2.56. The topological polar surface area (TPSA) is 29.3 Å². The van der Waals surface area contributed by atoms with Crippen LogP contribution in [0.25, 0.3) is 0 Å². The number of nitrogens with zero attached hydrogens (tertiary/aromatic N) is 1. The van der Waals surface area contributed by atoms with Gasteiger partial charge in [-0.25, -0.2) is 4.39 Å². The van der Waals surface area contributed by atoms with Crippen molar-refractivity contribution in [2.24, 2.45) is 23.5 Å². The molecule has 110 valence electrons. The Hall–Kier alpha value is -1.09. The van der Waals surface area contributed by atoms with Gasteiger partial charge in [0, 0.05) is 24.8 Å². The highest BCUT2D eigenvalue weighted by Gasteiger charge is 2.39. The molecule has 3 unspecified atom stereocenters. The molecule has 1 aromatic carbocycles. The van der Waals surface area contributed by atoms with E-state index in [1.54, 1.807) is 6.07 Å². The molecule has 2 bridgehead atoms. The molecule has 0 aromatic heterocycles. The van der Waals surface area contributed by atoms with Crippen LogP contribution in [0.3, 0.4) is 0 Å². The first-order chi connectivity index (χ1) is 9.69. The van der Waals surface area contributed by atoms with Gasteiger partial charge in [0.05, 0.1) is 0 Å². The number of rotatable bonds is 5. The van der Waals surface area contributed by atoms with Crippen LogP contribution in [0, 0.1) is 23.6 Å². The lowest BCUT2D eigenvalue weighted by molar-refractivity contribution is 0.337. The Morgan fingerprint density at radius 3 is 2.80 bits per heavy atom. The number of hydrogen-bond donors (Lipinski definition) is 1. The van der Waals surface area contributed by atoms with Crippen molar-refractivity contribution >= 4 is 5.69 Å². The lowest BCUT2D eigenvalue weighted by Gasteiger charge is -2.30. The van der Waals surface area contributed by atoms with Gasteiger partial charge in [-0.15, -0.1) is 0 Å². The van der Waals surface area contributed by atoms with Gasteiger partial charge in [-0.3, -0.25) is 0 Å². The molecule has 1 aromatic rings. The van der Waals surface area contributed by atoms with E-state index >= 15 is 0 Å². The van der Waals surface area contributed by atoms with Gasteiger partial charge in [-0.05, 0) is 62.1 Å². The van der Waals surface area contributed by atoms with Gasteiger partial charge in [-0.2, -0.15) is 0 Å². The van der Waals surface area contributed by atoms with Gasteiger partial charge in [0.25, 0.3) is 0 Å². The second kappa shape index (κ2) is 5.72. The molecule has 2 aliphatic carbocycles. The largest absolute Gasteiger partial charge is 0.374 e. The Bertz CT molecular complexity index is 474. The average Bonchev–Trinajstić information content (AvgIpc) is 3.03. The van der Waals surface area contributed by atoms with E-state index in [9.17, 15) is 4.39 Å². The first-order valence-electron chi connectivity index (χ1n) is 7.87. The van der Waals surface area contributed by atoms with E-state index in [4.69, 9.17) is 5.73 Å². The molecule has 0 saturated heterocycles. The highest BCUT2D eigenvalue weighted by molar-refractivity contribution is 5.54. The maximum absolute atomic E-state index is 14.0. The zero-order valence-corrected chi connectivity index (χ0v) is 12.3. The molecule has 0 spiro atoms. The SMILES string of the molecule is CN(CC1CC2CCC1C2)c1cccc(F)c1CCN. The predicted octanol–water partition coefficient (Wildman–Crippen LogP) is 3.20. The van der Waals surface area contributed by atoms with E-state index in [0.29, 0.717) is 13.0 Å². The molecule has 2 N–H and O–H groups in total. The van der Waals surface area contributed by atoms with Crippen LogP contribution in [-0.2, 0) is 6.42 Å². The molecule has 2 nitrogen and oxygen atoms in total. The molecule has 20 heavy (non-hydrogen) atoms. The fourth-order valence-corrected chi connectivity index (χ4v) is 4.35. The van der Waals surface area contributed by atoms with E-state index in [1.165, 1.54) is 25.7 Å². The first-order valence-corrected chi connectivity index (χ1v) is 7.87. The molecule has 2 saturated carbocycles. The third-order valence-electron chi connectivity index (χ3n) is 5.29. The van der Waals surface area contributed by atoms with Crippen molar-refractivity contribution in [3.8, 4) is 0 Å². The zero-order valence-electron chi connectivity index (χ0n) is 12.3. The van der Waals surface area contributed by atoms with E-state index in [1.807, 2.05) is 12.1 Å². The summed E-state index contributed by atoms with van der Waals surface area (Å²) in [6.45, 7) is 1.55. The maximum atomic E-state index is 14.0. The van der Waals surface area contributed by atoms with Crippen molar-refractivity contribution < 1.29 is 4.39 Å². The minimum Gasteiger partial charge on any atom is -0.374 e. The normalized spacial score (nSPS) is 28.1. The quantitative estimate of drug-likeness (QED) is 0.895. The fourth-order valence-electron chi connectivity index (χ4n) is 4.35. The van der Waals surface area contributed by atoms with Crippen LogP contribution in [0.2, 0.25) is 0 Å². The second-order valence-electron chi connectivity index (χ2n) is 6.59. The van der Waals surface area contributed by atoms with Gasteiger partial charge in [0.15, 0.2) is 0 Å². The van der Waals surface area contributed by atoms with E-state index in [-0.39, 0.29) is 5.82 Å². The zero-order chi connectivity index (χ0) is 14.1. The molecule has 0 radical (unpaired) electrons. The second-order valence-corrected chi connectivity index (χ2v) is 6.59. The lowest BCUT2D eigenvalue weighted by atomic mass is 9.88. The average molecular weight is 276 g/mol. The Morgan fingerprint density at radius 1 is 1.30 bits per heavy atom. The molecule has 3 heteroatoms. The highest BCUT2D eigenvalue weighted by atomic mass is 19.1. The minimum atomic E-state index is -0.118. The van der Waals surface area contributed by atoms with E-state index in [2.05, 4.69) is 11.9 Å². The van der Waals surface area contributed by atoms with Crippen LogP contribution in [-0.4, -0.2) is 20.1 Å². The monoisotopic (exact) mass is 276 g/mol. The first kappa shape index (κ1) is 13.9. The molecular formula is C17H25FN2. The van der Waals surface area contributed by atoms with Crippen molar-refractivity contribution in [3.05, 3.63) is 29.6 Å². The van der Waals surface area contributed by atoms with Crippen molar-refractivity contribution in [2.75, 3.05) is 25.0 Å². The molecule has 0 heterocycles. The standard InChI is InChI=1S/C17H25FN2/c1-20(11-14-10-12-5-6-13(14)9-12)17-4-2-3-16(18)15(17)7-8-19/h2-4,12-14H,5-11,19H2,1H3. The van der Waals surface area contributed by atoms with Crippen molar-refractivity contribution in [2.45, 2.75) is 32.1 Å². The van der Waals surface area contributed by atoms with Crippen LogP contribution >= 0.6 is 0 Å².